The van der Waals surface area contributed by atoms with Gasteiger partial charge in [-0.3, -0.25) is 24.6 Å². The lowest BCUT2D eigenvalue weighted by atomic mass is 9.76. The van der Waals surface area contributed by atoms with Gasteiger partial charge in [-0.05, 0) is 44.9 Å². The van der Waals surface area contributed by atoms with E-state index in [2.05, 4.69) is 10.6 Å². The highest BCUT2D eigenvalue weighted by Crippen LogP contribution is 2.55. The molecule has 1 aromatic rings. The van der Waals surface area contributed by atoms with Gasteiger partial charge in [0, 0.05) is 27.9 Å². The fourth-order valence-corrected chi connectivity index (χ4v) is 5.11. The number of hydrogen-bond acceptors (Lipinski definition) is 4. The van der Waals surface area contributed by atoms with Crippen molar-refractivity contribution in [1.82, 2.24) is 10.2 Å². The number of likely N-dealkylation sites (tertiary alicyclic amines) is 1. The van der Waals surface area contributed by atoms with Gasteiger partial charge in [-0.15, -0.1) is 0 Å². The zero-order valence-corrected chi connectivity index (χ0v) is 16.8. The normalized spacial score (nSPS) is 32.5. The maximum absolute atomic E-state index is 13.5. The molecule has 1 aromatic carbocycles. The minimum absolute atomic E-state index is 0.0737. The van der Waals surface area contributed by atoms with Gasteiger partial charge < -0.3 is 5.32 Å². The number of hydrogen-bond donors (Lipinski definition) is 2. The molecular weight excluding hydrogens is 366 g/mol. The number of anilines is 1. The van der Waals surface area contributed by atoms with Gasteiger partial charge in [-0.1, -0.05) is 25.4 Å². The zero-order chi connectivity index (χ0) is 19.9. The first-order chi connectivity index (χ1) is 12.5. The quantitative estimate of drug-likeness (QED) is 0.723. The summed E-state index contributed by atoms with van der Waals surface area (Å²) in [6.45, 7) is 9.52. The second-order valence-corrected chi connectivity index (χ2v) is 9.49. The van der Waals surface area contributed by atoms with Gasteiger partial charge in [0.15, 0.2) is 0 Å². The van der Waals surface area contributed by atoms with Crippen LogP contribution in [0.25, 0.3) is 0 Å². The Kier molecular flexibility index (Phi) is 3.79. The van der Waals surface area contributed by atoms with Crippen LogP contribution in [0.15, 0.2) is 18.2 Å². The molecule has 4 unspecified atom stereocenters. The van der Waals surface area contributed by atoms with Crippen molar-refractivity contribution in [2.45, 2.75) is 51.7 Å². The van der Waals surface area contributed by atoms with Crippen LogP contribution in [0.3, 0.4) is 0 Å². The third kappa shape index (κ3) is 2.26. The molecule has 2 N–H and O–H groups in total. The van der Waals surface area contributed by atoms with Crippen LogP contribution in [0, 0.1) is 17.8 Å². The second-order valence-electron chi connectivity index (χ2n) is 9.05. The number of benzene rings is 1. The summed E-state index contributed by atoms with van der Waals surface area (Å²) in [4.78, 5) is 41.3. The Morgan fingerprint density at radius 2 is 1.81 bits per heavy atom. The molecule has 4 rings (SSSR count). The topological polar surface area (TPSA) is 78.5 Å². The molecule has 0 aliphatic carbocycles. The Morgan fingerprint density at radius 1 is 1.15 bits per heavy atom. The molecule has 0 radical (unpaired) electrons. The van der Waals surface area contributed by atoms with Crippen molar-refractivity contribution in [3.8, 4) is 0 Å². The molecule has 3 aliphatic heterocycles. The monoisotopic (exact) mass is 389 g/mol. The van der Waals surface area contributed by atoms with Gasteiger partial charge in [-0.25, -0.2) is 0 Å². The third-order valence-corrected chi connectivity index (χ3v) is 6.24. The molecule has 4 atom stereocenters. The van der Waals surface area contributed by atoms with E-state index in [4.69, 9.17) is 11.6 Å². The Bertz CT molecular complexity index is 876. The van der Waals surface area contributed by atoms with E-state index in [0.717, 1.165) is 0 Å². The van der Waals surface area contributed by atoms with Gasteiger partial charge in [-0.2, -0.15) is 0 Å². The maximum Gasteiger partial charge on any atom is 0.250 e. The number of carbonyl (C=O) groups excluding carboxylic acids is 3. The fraction of sp³-hybridized carbons (Fsp3) is 0.550. The van der Waals surface area contributed by atoms with Crippen LogP contribution >= 0.6 is 11.6 Å². The number of imide groups is 1. The Morgan fingerprint density at radius 3 is 2.41 bits per heavy atom. The van der Waals surface area contributed by atoms with Gasteiger partial charge in [0.1, 0.15) is 5.54 Å². The number of fused-ring (bicyclic) bond motifs is 4. The van der Waals surface area contributed by atoms with Gasteiger partial charge >= 0.3 is 0 Å². The summed E-state index contributed by atoms with van der Waals surface area (Å²) in [5.74, 6) is -2.08. The third-order valence-electron chi connectivity index (χ3n) is 6.00. The van der Waals surface area contributed by atoms with Gasteiger partial charge in [0.05, 0.1) is 11.8 Å². The summed E-state index contributed by atoms with van der Waals surface area (Å²) in [7, 11) is 0. The zero-order valence-electron chi connectivity index (χ0n) is 16.1. The van der Waals surface area contributed by atoms with E-state index in [9.17, 15) is 14.4 Å². The van der Waals surface area contributed by atoms with Crippen LogP contribution in [-0.2, 0) is 19.9 Å². The van der Waals surface area contributed by atoms with Crippen LogP contribution < -0.4 is 10.6 Å². The van der Waals surface area contributed by atoms with E-state index in [-0.39, 0.29) is 29.7 Å². The first-order valence-electron chi connectivity index (χ1n) is 9.27. The Hall–Kier alpha value is -1.92. The molecule has 3 heterocycles. The lowest BCUT2D eigenvalue weighted by Crippen LogP contribution is -2.56. The van der Waals surface area contributed by atoms with Crippen molar-refractivity contribution in [2.24, 2.45) is 17.8 Å². The number of nitrogens with zero attached hydrogens (tertiary/aromatic N) is 1. The average molecular weight is 390 g/mol. The largest absolute Gasteiger partial charge is 0.324 e. The van der Waals surface area contributed by atoms with Gasteiger partial charge in [0.2, 0.25) is 17.7 Å². The summed E-state index contributed by atoms with van der Waals surface area (Å²) in [5.41, 5.74) is -0.635. The molecule has 1 spiro atoms. The number of rotatable bonds is 1. The smallest absolute Gasteiger partial charge is 0.250 e. The first kappa shape index (κ1) is 18.4. The number of halogens is 1. The fourth-order valence-electron chi connectivity index (χ4n) is 4.94. The summed E-state index contributed by atoms with van der Waals surface area (Å²) in [5, 5.41) is 6.76. The van der Waals surface area contributed by atoms with E-state index < -0.39 is 22.9 Å². The molecule has 6 nitrogen and oxygen atoms in total. The lowest BCUT2D eigenvalue weighted by molar-refractivity contribution is -0.148. The molecule has 0 aromatic heterocycles. The Balaban J connectivity index is 1.95. The Labute approximate surface area is 163 Å². The summed E-state index contributed by atoms with van der Waals surface area (Å²) in [6, 6.07) is 4.88. The highest BCUT2D eigenvalue weighted by Gasteiger charge is 2.71. The molecular formula is C20H24ClN3O3. The molecule has 27 heavy (non-hydrogen) atoms. The number of carbonyl (C=O) groups is 3. The SMILES string of the molecule is CC(C)C1NC2(C(=O)Nc3ccc(Cl)cc32)C2C(=O)N(C(C)(C)C)C(=O)C12. The minimum atomic E-state index is -1.27. The van der Waals surface area contributed by atoms with Crippen molar-refractivity contribution in [1.29, 1.82) is 0 Å². The molecule has 2 saturated heterocycles. The van der Waals surface area contributed by atoms with E-state index >= 15 is 0 Å². The summed E-state index contributed by atoms with van der Waals surface area (Å²) in [6.07, 6.45) is 0. The second kappa shape index (κ2) is 5.55. The molecule has 7 heteroatoms. The number of nitrogens with one attached hydrogen (secondary N) is 2. The van der Waals surface area contributed by atoms with Crippen LogP contribution in [0.2, 0.25) is 5.02 Å². The highest BCUT2D eigenvalue weighted by atomic mass is 35.5. The van der Waals surface area contributed by atoms with Crippen LogP contribution in [-0.4, -0.2) is 34.2 Å². The molecule has 0 saturated carbocycles. The molecule has 0 bridgehead atoms. The van der Waals surface area contributed by atoms with Gasteiger partial charge in [0.25, 0.3) is 0 Å². The predicted octanol–water partition coefficient (Wildman–Crippen LogP) is 2.51. The first-order valence-corrected chi connectivity index (χ1v) is 9.65. The maximum atomic E-state index is 13.5. The standard InChI is InChI=1S/C20H24ClN3O3/c1-9(2)15-13-14(17(26)24(16(13)25)19(3,4)5)20(23-15)11-8-10(21)6-7-12(11)22-18(20)27/h6-9,13-15,23H,1-5H3,(H,22,27). The van der Waals surface area contributed by atoms with E-state index in [1.54, 1.807) is 18.2 Å². The number of amides is 3. The average Bonchev–Trinajstić information content (AvgIpc) is 3.13. The van der Waals surface area contributed by atoms with E-state index in [1.165, 1.54) is 4.90 Å². The van der Waals surface area contributed by atoms with Crippen LogP contribution in [0.4, 0.5) is 5.69 Å². The minimum Gasteiger partial charge on any atom is -0.324 e. The van der Waals surface area contributed by atoms with E-state index in [1.807, 2.05) is 34.6 Å². The van der Waals surface area contributed by atoms with Crippen molar-refractivity contribution < 1.29 is 14.4 Å². The predicted molar refractivity (Wildman–Crippen MR) is 102 cm³/mol. The summed E-state index contributed by atoms with van der Waals surface area (Å²) >= 11 is 6.21. The lowest BCUT2D eigenvalue weighted by Gasteiger charge is -2.35. The summed E-state index contributed by atoms with van der Waals surface area (Å²) < 4.78 is 0. The molecule has 3 amide bonds. The van der Waals surface area contributed by atoms with Crippen molar-refractivity contribution in [3.05, 3.63) is 28.8 Å². The van der Waals surface area contributed by atoms with Crippen molar-refractivity contribution in [3.63, 3.8) is 0 Å². The highest BCUT2D eigenvalue weighted by molar-refractivity contribution is 6.31. The molecule has 3 aliphatic rings. The molecule has 144 valence electrons. The van der Waals surface area contributed by atoms with Crippen molar-refractivity contribution >= 4 is 35.0 Å². The van der Waals surface area contributed by atoms with Crippen LogP contribution in [0.1, 0.15) is 40.2 Å². The van der Waals surface area contributed by atoms with Crippen LogP contribution in [0.5, 0.6) is 0 Å². The van der Waals surface area contributed by atoms with Crippen molar-refractivity contribution in [2.75, 3.05) is 5.32 Å². The van der Waals surface area contributed by atoms with E-state index in [0.29, 0.717) is 16.3 Å². The molecule has 2 fully saturated rings.